The summed E-state index contributed by atoms with van der Waals surface area (Å²) in [5.41, 5.74) is 2.17. The zero-order valence-electron chi connectivity index (χ0n) is 12.5. The van der Waals surface area contributed by atoms with Crippen LogP contribution in [0.2, 0.25) is 0 Å². The van der Waals surface area contributed by atoms with Crippen LogP contribution in [0, 0.1) is 19.8 Å². The molecule has 0 spiro atoms. The lowest BCUT2D eigenvalue weighted by atomic mass is 9.98. The highest BCUT2D eigenvalue weighted by atomic mass is 16.5. The number of aliphatic carboxylic acids is 1. The maximum Gasteiger partial charge on any atom is 0.308 e. The van der Waals surface area contributed by atoms with Gasteiger partial charge in [-0.1, -0.05) is 6.07 Å². The topological polar surface area (TPSA) is 66.8 Å². The smallest absolute Gasteiger partial charge is 0.308 e. The van der Waals surface area contributed by atoms with Crippen molar-refractivity contribution in [2.75, 3.05) is 19.7 Å². The van der Waals surface area contributed by atoms with Gasteiger partial charge in [0.1, 0.15) is 5.75 Å². The zero-order valence-corrected chi connectivity index (χ0v) is 12.5. The van der Waals surface area contributed by atoms with Crippen molar-refractivity contribution in [1.29, 1.82) is 0 Å². The fraction of sp³-hybridized carbons (Fsp3) is 0.500. The average molecular weight is 291 g/mol. The van der Waals surface area contributed by atoms with Gasteiger partial charge in [0.05, 0.1) is 5.92 Å². The molecule has 1 N–H and O–H groups in total. The lowest BCUT2D eigenvalue weighted by Crippen LogP contribution is -2.44. The van der Waals surface area contributed by atoms with Crippen molar-refractivity contribution in [3.63, 3.8) is 0 Å². The molecule has 1 aromatic carbocycles. The quantitative estimate of drug-likeness (QED) is 0.921. The number of aryl methyl sites for hydroxylation is 2. The van der Waals surface area contributed by atoms with E-state index >= 15 is 0 Å². The molecule has 114 valence electrons. The van der Waals surface area contributed by atoms with Crippen LogP contribution in [0.4, 0.5) is 0 Å². The number of hydrogen-bond donors (Lipinski definition) is 1. The molecule has 5 heteroatoms. The number of likely N-dealkylation sites (tertiary alicyclic amines) is 1. The highest BCUT2D eigenvalue weighted by Crippen LogP contribution is 2.18. The molecule has 21 heavy (non-hydrogen) atoms. The first-order valence-electron chi connectivity index (χ1n) is 7.17. The highest BCUT2D eigenvalue weighted by molar-refractivity contribution is 5.79. The molecular formula is C16H21NO4. The minimum Gasteiger partial charge on any atom is -0.484 e. The molecule has 1 aliphatic heterocycles. The first-order chi connectivity index (χ1) is 9.95. The Hall–Kier alpha value is -2.04. The van der Waals surface area contributed by atoms with Crippen LogP contribution < -0.4 is 4.74 Å². The molecule has 0 saturated carbocycles. The third-order valence-electron chi connectivity index (χ3n) is 3.68. The predicted molar refractivity (Wildman–Crippen MR) is 78.4 cm³/mol. The van der Waals surface area contributed by atoms with Crippen molar-refractivity contribution in [2.45, 2.75) is 26.7 Å². The Bertz CT molecular complexity index is 521. The number of nitrogens with zero attached hydrogens (tertiary/aromatic N) is 1. The van der Waals surface area contributed by atoms with Crippen LogP contribution in [0.3, 0.4) is 0 Å². The number of benzene rings is 1. The van der Waals surface area contributed by atoms with Crippen LogP contribution >= 0.6 is 0 Å². The fourth-order valence-corrected chi connectivity index (χ4v) is 2.66. The van der Waals surface area contributed by atoms with Crippen LogP contribution in [0.25, 0.3) is 0 Å². The molecule has 0 unspecified atom stereocenters. The van der Waals surface area contributed by atoms with E-state index in [9.17, 15) is 9.59 Å². The van der Waals surface area contributed by atoms with Crippen molar-refractivity contribution in [3.05, 3.63) is 29.3 Å². The van der Waals surface area contributed by atoms with Gasteiger partial charge in [-0.15, -0.1) is 0 Å². The van der Waals surface area contributed by atoms with Crippen molar-refractivity contribution in [1.82, 2.24) is 4.90 Å². The minimum atomic E-state index is -0.831. The van der Waals surface area contributed by atoms with E-state index in [1.54, 1.807) is 4.90 Å². The Morgan fingerprint density at radius 2 is 1.95 bits per heavy atom. The molecule has 1 fully saturated rings. The van der Waals surface area contributed by atoms with Gasteiger partial charge in [0, 0.05) is 13.1 Å². The number of carboxylic acid groups (broad SMARTS) is 1. The van der Waals surface area contributed by atoms with Gasteiger partial charge >= 0.3 is 5.97 Å². The Labute approximate surface area is 124 Å². The van der Waals surface area contributed by atoms with E-state index in [4.69, 9.17) is 9.84 Å². The SMILES string of the molecule is Cc1cc(C)cc(OCC(=O)N2CCC[C@@H](C(=O)O)C2)c1. The van der Waals surface area contributed by atoms with Crippen molar-refractivity contribution < 1.29 is 19.4 Å². The molecular weight excluding hydrogens is 270 g/mol. The third-order valence-corrected chi connectivity index (χ3v) is 3.68. The number of piperidine rings is 1. The summed E-state index contributed by atoms with van der Waals surface area (Å²) in [6.07, 6.45) is 1.36. The number of rotatable bonds is 4. The maximum atomic E-state index is 12.1. The number of amides is 1. The van der Waals surface area contributed by atoms with Crippen molar-refractivity contribution in [2.24, 2.45) is 5.92 Å². The fourth-order valence-electron chi connectivity index (χ4n) is 2.66. The molecule has 1 atom stereocenters. The van der Waals surface area contributed by atoms with Gasteiger partial charge in [-0.2, -0.15) is 0 Å². The van der Waals surface area contributed by atoms with E-state index in [2.05, 4.69) is 0 Å². The number of hydrogen-bond acceptors (Lipinski definition) is 3. The number of carboxylic acids is 1. The summed E-state index contributed by atoms with van der Waals surface area (Å²) in [5, 5.41) is 9.04. The van der Waals surface area contributed by atoms with E-state index in [1.165, 1.54) is 0 Å². The van der Waals surface area contributed by atoms with Crippen molar-refractivity contribution >= 4 is 11.9 Å². The average Bonchev–Trinajstić information content (AvgIpc) is 2.44. The van der Waals surface area contributed by atoms with Gasteiger partial charge < -0.3 is 14.7 Å². The van der Waals surface area contributed by atoms with E-state index in [1.807, 2.05) is 32.0 Å². The van der Waals surface area contributed by atoms with Gasteiger partial charge in [-0.25, -0.2) is 0 Å². The summed E-state index contributed by atoms with van der Waals surface area (Å²) in [6.45, 7) is 4.80. The molecule has 5 nitrogen and oxygen atoms in total. The summed E-state index contributed by atoms with van der Waals surface area (Å²) in [7, 11) is 0. The van der Waals surface area contributed by atoms with Crippen LogP contribution in [-0.4, -0.2) is 41.6 Å². The lowest BCUT2D eigenvalue weighted by Gasteiger charge is -2.30. The van der Waals surface area contributed by atoms with E-state index < -0.39 is 11.9 Å². The predicted octanol–water partition coefficient (Wildman–Crippen LogP) is 2.01. The summed E-state index contributed by atoms with van der Waals surface area (Å²) < 4.78 is 5.54. The van der Waals surface area contributed by atoms with Crippen LogP contribution in [0.1, 0.15) is 24.0 Å². The summed E-state index contributed by atoms with van der Waals surface area (Å²) in [5.74, 6) is -0.764. The summed E-state index contributed by atoms with van der Waals surface area (Å²) in [4.78, 5) is 24.7. The Morgan fingerprint density at radius 3 is 2.57 bits per heavy atom. The van der Waals surface area contributed by atoms with Crippen molar-refractivity contribution in [3.8, 4) is 5.75 Å². The number of carbonyl (C=O) groups excluding carboxylic acids is 1. The Balaban J connectivity index is 1.90. The standard InChI is InChI=1S/C16H21NO4/c1-11-6-12(2)8-14(7-11)21-10-15(18)17-5-3-4-13(9-17)16(19)20/h6-8,13H,3-5,9-10H2,1-2H3,(H,19,20)/t13-/m1/s1. The molecule has 1 amide bonds. The molecule has 1 saturated heterocycles. The second kappa shape index (κ2) is 6.61. The summed E-state index contributed by atoms with van der Waals surface area (Å²) in [6, 6.07) is 5.81. The molecule has 1 aromatic rings. The molecule has 0 aromatic heterocycles. The van der Waals surface area contributed by atoms with E-state index in [0.29, 0.717) is 18.7 Å². The second-order valence-corrected chi connectivity index (χ2v) is 5.63. The van der Waals surface area contributed by atoms with Gasteiger partial charge in [0.2, 0.25) is 0 Å². The molecule has 0 radical (unpaired) electrons. The molecule has 2 rings (SSSR count). The Morgan fingerprint density at radius 1 is 1.29 bits per heavy atom. The molecule has 0 bridgehead atoms. The zero-order chi connectivity index (χ0) is 15.4. The third kappa shape index (κ3) is 4.21. The first kappa shape index (κ1) is 15.4. The second-order valence-electron chi connectivity index (χ2n) is 5.63. The Kier molecular flexibility index (Phi) is 4.83. The summed E-state index contributed by atoms with van der Waals surface area (Å²) >= 11 is 0. The largest absolute Gasteiger partial charge is 0.484 e. The molecule has 0 aliphatic carbocycles. The van der Waals surface area contributed by atoms with Gasteiger partial charge in [-0.05, 0) is 49.9 Å². The number of ether oxygens (including phenoxy) is 1. The van der Waals surface area contributed by atoms with Gasteiger partial charge in [0.25, 0.3) is 5.91 Å². The van der Waals surface area contributed by atoms with E-state index in [0.717, 1.165) is 17.5 Å². The van der Waals surface area contributed by atoms with E-state index in [-0.39, 0.29) is 19.1 Å². The number of carbonyl (C=O) groups is 2. The lowest BCUT2D eigenvalue weighted by molar-refractivity contribution is -0.146. The van der Waals surface area contributed by atoms with Gasteiger partial charge in [0.15, 0.2) is 6.61 Å². The monoisotopic (exact) mass is 291 g/mol. The van der Waals surface area contributed by atoms with Gasteiger partial charge in [-0.3, -0.25) is 9.59 Å². The van der Waals surface area contributed by atoms with Crippen LogP contribution in [0.15, 0.2) is 18.2 Å². The minimum absolute atomic E-state index is 0.0464. The van der Waals surface area contributed by atoms with Crippen LogP contribution in [0.5, 0.6) is 5.75 Å². The normalized spacial score (nSPS) is 18.4. The molecule has 1 heterocycles. The van der Waals surface area contributed by atoms with Crippen LogP contribution in [-0.2, 0) is 9.59 Å². The maximum absolute atomic E-state index is 12.1. The molecule has 1 aliphatic rings. The first-order valence-corrected chi connectivity index (χ1v) is 7.17. The highest BCUT2D eigenvalue weighted by Gasteiger charge is 2.28.